The number of fused-ring (bicyclic) bond motifs is 2. The molecule has 0 saturated heterocycles. The second-order valence-electron chi connectivity index (χ2n) is 8.10. The minimum absolute atomic E-state index is 0.0102. The number of Topliss-reactive ketones (excluding diaryl/α,β-unsaturated/α-hetero) is 1. The van der Waals surface area contributed by atoms with E-state index in [2.05, 4.69) is 15.1 Å². The average molecular weight is 492 g/mol. The van der Waals surface area contributed by atoms with Crippen molar-refractivity contribution in [2.24, 2.45) is 0 Å². The zero-order valence-electron chi connectivity index (χ0n) is 19.0. The molecule has 0 N–H and O–H groups in total. The highest BCUT2D eigenvalue weighted by Crippen LogP contribution is 2.36. The Bertz CT molecular complexity index is 1440. The summed E-state index contributed by atoms with van der Waals surface area (Å²) in [6.45, 7) is 0. The maximum absolute atomic E-state index is 13.0. The van der Waals surface area contributed by atoms with Crippen LogP contribution >= 0.6 is 11.8 Å². The van der Waals surface area contributed by atoms with Crippen molar-refractivity contribution in [3.8, 4) is 11.5 Å². The fourth-order valence-electron chi connectivity index (χ4n) is 4.13. The van der Waals surface area contributed by atoms with E-state index in [9.17, 15) is 14.9 Å². The lowest BCUT2D eigenvalue weighted by atomic mass is 9.82. The Morgan fingerprint density at radius 2 is 1.86 bits per heavy atom. The Balaban J connectivity index is 1.36. The summed E-state index contributed by atoms with van der Waals surface area (Å²) in [4.78, 5) is 32.5. The van der Waals surface area contributed by atoms with Crippen LogP contribution in [0, 0.1) is 10.1 Å². The minimum atomic E-state index is -0.426. The molecular weight excluding hydrogens is 470 g/mol. The van der Waals surface area contributed by atoms with Gasteiger partial charge in [-0.15, -0.1) is 5.10 Å². The largest absolute Gasteiger partial charge is 0.493 e. The summed E-state index contributed by atoms with van der Waals surface area (Å²) in [6, 6.07) is 12.1. The summed E-state index contributed by atoms with van der Waals surface area (Å²) in [5.41, 5.74) is 3.22. The molecule has 2 aromatic carbocycles. The highest BCUT2D eigenvalue weighted by Gasteiger charge is 2.29. The molecule has 1 aliphatic rings. The summed E-state index contributed by atoms with van der Waals surface area (Å²) < 4.78 is 12.3. The van der Waals surface area contributed by atoms with E-state index in [0.717, 1.165) is 11.1 Å². The van der Waals surface area contributed by atoms with Crippen molar-refractivity contribution in [3.05, 3.63) is 81.2 Å². The molecule has 4 aromatic rings. The molecule has 2 aromatic heterocycles. The number of hydrogen-bond acceptors (Lipinski definition) is 9. The van der Waals surface area contributed by atoms with Crippen molar-refractivity contribution < 1.29 is 19.2 Å². The standard InChI is InChI=1S/C24H21N5O5S/c1-33-21-8-5-15(11-22(21)34-2)16-9-19-18(20(30)10-16)12-28-23(25-19)26-24(27-28)35-13-14-3-6-17(7-4-14)29(31)32/h3-8,11-12,16H,9-10,13H2,1-2H3/t16-/m1/s1. The molecular formula is C24H21N5O5S. The van der Waals surface area contributed by atoms with Gasteiger partial charge in [0.2, 0.25) is 5.16 Å². The summed E-state index contributed by atoms with van der Waals surface area (Å²) in [7, 11) is 3.17. The Hall–Kier alpha value is -3.99. The van der Waals surface area contributed by atoms with Crippen LogP contribution in [-0.4, -0.2) is 44.5 Å². The Kier molecular flexibility index (Phi) is 6.08. The first kappa shape index (κ1) is 22.8. The van der Waals surface area contributed by atoms with Crippen molar-refractivity contribution in [2.45, 2.75) is 29.7 Å². The highest BCUT2D eigenvalue weighted by molar-refractivity contribution is 7.98. The van der Waals surface area contributed by atoms with Gasteiger partial charge in [0, 0.05) is 30.5 Å². The third-order valence-corrected chi connectivity index (χ3v) is 6.87. The van der Waals surface area contributed by atoms with E-state index in [1.807, 2.05) is 18.2 Å². The number of benzene rings is 2. The number of rotatable bonds is 7. The number of thioether (sulfide) groups is 1. The number of nitro groups is 1. The molecule has 0 bridgehead atoms. The number of methoxy groups -OCH3 is 2. The van der Waals surface area contributed by atoms with Crippen LogP contribution in [0.15, 0.2) is 53.8 Å². The predicted octanol–water partition coefficient (Wildman–Crippen LogP) is 4.25. The van der Waals surface area contributed by atoms with Crippen LogP contribution in [0.25, 0.3) is 5.78 Å². The minimum Gasteiger partial charge on any atom is -0.493 e. The van der Waals surface area contributed by atoms with Crippen LogP contribution in [0.1, 0.15) is 39.5 Å². The van der Waals surface area contributed by atoms with Crippen LogP contribution < -0.4 is 9.47 Å². The number of aromatic nitrogens is 4. The molecule has 0 unspecified atom stereocenters. The number of nitrogens with zero attached hydrogens (tertiary/aromatic N) is 5. The quantitative estimate of drug-likeness (QED) is 0.212. The zero-order valence-corrected chi connectivity index (χ0v) is 19.8. The summed E-state index contributed by atoms with van der Waals surface area (Å²) in [6.07, 6.45) is 2.67. The van der Waals surface area contributed by atoms with Crippen molar-refractivity contribution in [2.75, 3.05) is 14.2 Å². The fourth-order valence-corrected chi connectivity index (χ4v) is 4.91. The topological polar surface area (TPSA) is 122 Å². The maximum atomic E-state index is 13.0. The van der Waals surface area contributed by atoms with E-state index in [1.54, 1.807) is 32.5 Å². The predicted molar refractivity (Wildman–Crippen MR) is 128 cm³/mol. The van der Waals surface area contributed by atoms with Gasteiger partial charge in [0.1, 0.15) is 0 Å². The van der Waals surface area contributed by atoms with Crippen molar-refractivity contribution in [1.82, 2.24) is 19.6 Å². The molecule has 0 amide bonds. The Morgan fingerprint density at radius 3 is 2.57 bits per heavy atom. The van der Waals surface area contributed by atoms with Gasteiger partial charge < -0.3 is 9.47 Å². The molecule has 1 aliphatic carbocycles. The first-order valence-corrected chi connectivity index (χ1v) is 11.8. The Morgan fingerprint density at radius 1 is 1.09 bits per heavy atom. The number of carbonyl (C=O) groups is 1. The van der Waals surface area contributed by atoms with Gasteiger partial charge in [-0.25, -0.2) is 9.50 Å². The molecule has 10 nitrogen and oxygen atoms in total. The van der Waals surface area contributed by atoms with Crippen molar-refractivity contribution in [1.29, 1.82) is 0 Å². The van der Waals surface area contributed by atoms with E-state index in [0.29, 0.717) is 52.3 Å². The summed E-state index contributed by atoms with van der Waals surface area (Å²) >= 11 is 1.40. The van der Waals surface area contributed by atoms with Gasteiger partial charge in [0.25, 0.3) is 11.5 Å². The molecule has 5 rings (SSSR count). The van der Waals surface area contributed by atoms with Gasteiger partial charge in [0.15, 0.2) is 17.3 Å². The van der Waals surface area contributed by atoms with Gasteiger partial charge in [-0.2, -0.15) is 4.98 Å². The molecule has 11 heteroatoms. The van der Waals surface area contributed by atoms with Crippen LogP contribution in [0.2, 0.25) is 0 Å². The lowest BCUT2D eigenvalue weighted by Gasteiger charge is -2.23. The fraction of sp³-hybridized carbons (Fsp3) is 0.250. The monoisotopic (exact) mass is 491 g/mol. The number of ether oxygens (including phenoxy) is 2. The molecule has 35 heavy (non-hydrogen) atoms. The lowest BCUT2D eigenvalue weighted by molar-refractivity contribution is -0.384. The molecule has 0 radical (unpaired) electrons. The third-order valence-electron chi connectivity index (χ3n) is 5.96. The van der Waals surface area contributed by atoms with Gasteiger partial charge in [-0.05, 0) is 35.6 Å². The van der Waals surface area contributed by atoms with Gasteiger partial charge in [-0.3, -0.25) is 14.9 Å². The van der Waals surface area contributed by atoms with Crippen LogP contribution in [0.5, 0.6) is 11.5 Å². The summed E-state index contributed by atoms with van der Waals surface area (Å²) in [5.74, 6) is 2.23. The molecule has 0 saturated carbocycles. The first-order valence-electron chi connectivity index (χ1n) is 10.8. The highest BCUT2D eigenvalue weighted by atomic mass is 32.2. The molecule has 0 spiro atoms. The lowest BCUT2D eigenvalue weighted by Crippen LogP contribution is -2.21. The van der Waals surface area contributed by atoms with Crippen LogP contribution in [0.3, 0.4) is 0 Å². The maximum Gasteiger partial charge on any atom is 0.269 e. The molecule has 2 heterocycles. The number of nitro benzene ring substituents is 1. The van der Waals surface area contributed by atoms with Crippen molar-refractivity contribution >= 4 is 29.0 Å². The second-order valence-corrected chi connectivity index (χ2v) is 9.04. The Labute approximate surface area is 204 Å². The van der Waals surface area contributed by atoms with Crippen LogP contribution in [0.4, 0.5) is 5.69 Å². The number of hydrogen-bond donors (Lipinski definition) is 0. The van der Waals surface area contributed by atoms with Gasteiger partial charge >= 0.3 is 0 Å². The molecule has 1 atom stereocenters. The second kappa shape index (κ2) is 9.34. The van der Waals surface area contributed by atoms with E-state index in [1.165, 1.54) is 28.4 Å². The smallest absolute Gasteiger partial charge is 0.269 e. The van der Waals surface area contributed by atoms with Gasteiger partial charge in [-0.1, -0.05) is 30.0 Å². The molecule has 0 fully saturated rings. The zero-order chi connectivity index (χ0) is 24.5. The number of ketones is 1. The number of carbonyl (C=O) groups excluding carboxylic acids is 1. The SMILES string of the molecule is COc1ccc([C@H]2CC(=O)c3cn4nc(SCc5ccc([N+](=O)[O-])cc5)nc4nc3C2)cc1OC. The molecule has 178 valence electrons. The number of non-ortho nitro benzene ring substituents is 1. The van der Waals surface area contributed by atoms with E-state index < -0.39 is 4.92 Å². The summed E-state index contributed by atoms with van der Waals surface area (Å²) in [5, 5.41) is 15.8. The molecule has 0 aliphatic heterocycles. The third kappa shape index (κ3) is 4.54. The average Bonchev–Trinajstić information content (AvgIpc) is 3.27. The van der Waals surface area contributed by atoms with E-state index >= 15 is 0 Å². The van der Waals surface area contributed by atoms with Gasteiger partial charge in [0.05, 0.1) is 30.4 Å². The first-order chi connectivity index (χ1) is 16.9. The van der Waals surface area contributed by atoms with E-state index in [-0.39, 0.29) is 17.4 Å². The van der Waals surface area contributed by atoms with Crippen molar-refractivity contribution in [3.63, 3.8) is 0 Å². The van der Waals surface area contributed by atoms with Crippen LogP contribution in [-0.2, 0) is 12.2 Å². The normalized spacial score (nSPS) is 15.1. The van der Waals surface area contributed by atoms with E-state index in [4.69, 9.17) is 9.47 Å².